The standard InChI is InChI=1S/C16H11FN2O5/c17-10-4-1-3-9(7-10)13(20)8-18-15(21)11-5-2-6-12(19(23)24)14(11)16(18)22/h1-7,13,20H,8H2/t13-/m0/s1. The van der Waals surface area contributed by atoms with Gasteiger partial charge in [-0.2, -0.15) is 0 Å². The molecule has 1 atom stereocenters. The second kappa shape index (κ2) is 5.82. The van der Waals surface area contributed by atoms with E-state index in [-0.39, 0.29) is 16.7 Å². The van der Waals surface area contributed by atoms with Crippen LogP contribution in [0.3, 0.4) is 0 Å². The Labute approximate surface area is 135 Å². The van der Waals surface area contributed by atoms with Crippen LogP contribution in [-0.4, -0.2) is 33.3 Å². The van der Waals surface area contributed by atoms with E-state index in [9.17, 15) is 29.2 Å². The maximum Gasteiger partial charge on any atom is 0.282 e. The van der Waals surface area contributed by atoms with Crippen molar-refractivity contribution in [2.24, 2.45) is 0 Å². The van der Waals surface area contributed by atoms with Crippen LogP contribution >= 0.6 is 0 Å². The maximum absolute atomic E-state index is 13.2. The van der Waals surface area contributed by atoms with Gasteiger partial charge in [-0.15, -0.1) is 0 Å². The minimum absolute atomic E-state index is 0.0827. The molecule has 0 unspecified atom stereocenters. The Kier molecular flexibility index (Phi) is 3.82. The predicted octanol–water partition coefficient (Wildman–Crippen LogP) is 2.06. The van der Waals surface area contributed by atoms with Crippen molar-refractivity contribution >= 4 is 17.5 Å². The summed E-state index contributed by atoms with van der Waals surface area (Å²) in [5, 5.41) is 21.2. The van der Waals surface area contributed by atoms with Crippen molar-refractivity contribution < 1.29 is 24.0 Å². The zero-order valence-corrected chi connectivity index (χ0v) is 12.2. The average Bonchev–Trinajstić information content (AvgIpc) is 2.80. The Balaban J connectivity index is 1.91. The molecule has 1 aliphatic rings. The van der Waals surface area contributed by atoms with E-state index in [1.807, 2.05) is 0 Å². The molecule has 1 heterocycles. The number of carbonyl (C=O) groups is 2. The van der Waals surface area contributed by atoms with Crippen molar-refractivity contribution in [1.82, 2.24) is 4.90 Å². The van der Waals surface area contributed by atoms with Crippen LogP contribution < -0.4 is 0 Å². The molecule has 0 spiro atoms. The van der Waals surface area contributed by atoms with Gasteiger partial charge in [0, 0.05) is 6.07 Å². The van der Waals surface area contributed by atoms with Gasteiger partial charge in [0.15, 0.2) is 0 Å². The smallest absolute Gasteiger partial charge is 0.282 e. The number of nitro groups is 1. The molecule has 2 amide bonds. The number of fused-ring (bicyclic) bond motifs is 1. The average molecular weight is 330 g/mol. The number of rotatable bonds is 4. The van der Waals surface area contributed by atoms with Crippen LogP contribution in [-0.2, 0) is 0 Å². The molecule has 0 fully saturated rings. The molecule has 0 saturated heterocycles. The maximum atomic E-state index is 13.2. The molecule has 2 aromatic rings. The number of imide groups is 1. The summed E-state index contributed by atoms with van der Waals surface area (Å²) < 4.78 is 13.2. The van der Waals surface area contributed by atoms with Gasteiger partial charge in [-0.1, -0.05) is 18.2 Å². The minimum atomic E-state index is -1.30. The quantitative estimate of drug-likeness (QED) is 0.525. The van der Waals surface area contributed by atoms with E-state index in [4.69, 9.17) is 0 Å². The molecule has 2 aromatic carbocycles. The highest BCUT2D eigenvalue weighted by Crippen LogP contribution is 2.31. The van der Waals surface area contributed by atoms with Gasteiger partial charge in [0.1, 0.15) is 11.4 Å². The van der Waals surface area contributed by atoms with Crippen LogP contribution in [0.4, 0.5) is 10.1 Å². The number of hydrogen-bond acceptors (Lipinski definition) is 5. The summed E-state index contributed by atoms with van der Waals surface area (Å²) in [6.07, 6.45) is -1.30. The van der Waals surface area contributed by atoms with Crippen LogP contribution in [0.5, 0.6) is 0 Å². The van der Waals surface area contributed by atoms with E-state index in [2.05, 4.69) is 0 Å². The van der Waals surface area contributed by atoms with E-state index in [0.29, 0.717) is 0 Å². The van der Waals surface area contributed by atoms with Gasteiger partial charge in [0.2, 0.25) is 0 Å². The Morgan fingerprint density at radius 2 is 1.88 bits per heavy atom. The zero-order chi connectivity index (χ0) is 17.4. The van der Waals surface area contributed by atoms with Gasteiger partial charge in [-0.05, 0) is 23.8 Å². The first-order valence-corrected chi connectivity index (χ1v) is 6.97. The summed E-state index contributed by atoms with van der Waals surface area (Å²) in [7, 11) is 0. The highest BCUT2D eigenvalue weighted by molar-refractivity contribution is 6.23. The number of benzene rings is 2. The Morgan fingerprint density at radius 3 is 2.54 bits per heavy atom. The largest absolute Gasteiger partial charge is 0.387 e. The summed E-state index contributed by atoms with van der Waals surface area (Å²) in [5.41, 5.74) is -0.644. The first-order valence-electron chi connectivity index (χ1n) is 6.97. The third-order valence-electron chi connectivity index (χ3n) is 3.76. The first-order chi connectivity index (χ1) is 11.4. The van der Waals surface area contributed by atoms with E-state index in [0.717, 1.165) is 17.0 Å². The number of hydrogen-bond donors (Lipinski definition) is 1. The SMILES string of the molecule is O=C1c2cccc([N+](=O)[O-])c2C(=O)N1C[C@H](O)c1cccc(F)c1. The molecule has 1 aliphatic heterocycles. The number of β-amino-alcohol motifs (C(OH)–C–C–N with tert-alkyl or cyclic N) is 1. The van der Waals surface area contributed by atoms with Crippen molar-refractivity contribution in [2.75, 3.05) is 6.54 Å². The van der Waals surface area contributed by atoms with E-state index < -0.39 is 40.9 Å². The van der Waals surface area contributed by atoms with Gasteiger partial charge >= 0.3 is 0 Å². The number of aliphatic hydroxyl groups excluding tert-OH is 1. The lowest BCUT2D eigenvalue weighted by atomic mass is 10.1. The molecule has 0 radical (unpaired) electrons. The zero-order valence-electron chi connectivity index (χ0n) is 12.2. The Hall–Kier alpha value is -3.13. The number of nitrogens with zero attached hydrogens (tertiary/aromatic N) is 2. The second-order valence-electron chi connectivity index (χ2n) is 5.25. The number of carbonyl (C=O) groups excluding carboxylic acids is 2. The van der Waals surface area contributed by atoms with Crippen LogP contribution in [0.25, 0.3) is 0 Å². The summed E-state index contributed by atoms with van der Waals surface area (Å²) in [6.45, 7) is -0.424. The lowest BCUT2D eigenvalue weighted by Crippen LogP contribution is -2.34. The second-order valence-corrected chi connectivity index (χ2v) is 5.25. The molecule has 0 aliphatic carbocycles. The summed E-state index contributed by atoms with van der Waals surface area (Å²) >= 11 is 0. The Morgan fingerprint density at radius 1 is 1.17 bits per heavy atom. The fraction of sp³-hybridized carbons (Fsp3) is 0.125. The van der Waals surface area contributed by atoms with Gasteiger partial charge in [0.05, 0.1) is 23.1 Å². The topological polar surface area (TPSA) is 101 Å². The van der Waals surface area contributed by atoms with E-state index in [1.54, 1.807) is 0 Å². The van der Waals surface area contributed by atoms with Gasteiger partial charge in [0.25, 0.3) is 17.5 Å². The van der Waals surface area contributed by atoms with Crippen molar-refractivity contribution in [1.29, 1.82) is 0 Å². The lowest BCUT2D eigenvalue weighted by Gasteiger charge is -2.18. The van der Waals surface area contributed by atoms with Crippen molar-refractivity contribution in [3.8, 4) is 0 Å². The summed E-state index contributed by atoms with van der Waals surface area (Å²) in [4.78, 5) is 35.7. The third-order valence-corrected chi connectivity index (χ3v) is 3.76. The van der Waals surface area contributed by atoms with Crippen LogP contribution in [0.1, 0.15) is 32.4 Å². The molecular formula is C16H11FN2O5. The van der Waals surface area contributed by atoms with Crippen molar-refractivity contribution in [3.05, 3.63) is 75.1 Å². The highest BCUT2D eigenvalue weighted by atomic mass is 19.1. The van der Waals surface area contributed by atoms with Gasteiger partial charge in [-0.3, -0.25) is 24.6 Å². The fourth-order valence-corrected chi connectivity index (χ4v) is 2.63. The number of aliphatic hydroxyl groups is 1. The van der Waals surface area contributed by atoms with E-state index >= 15 is 0 Å². The number of amides is 2. The molecule has 24 heavy (non-hydrogen) atoms. The first kappa shape index (κ1) is 15.8. The lowest BCUT2D eigenvalue weighted by molar-refractivity contribution is -0.385. The van der Waals surface area contributed by atoms with Crippen LogP contribution in [0, 0.1) is 15.9 Å². The number of nitro benzene ring substituents is 1. The fourth-order valence-electron chi connectivity index (χ4n) is 2.63. The molecule has 8 heteroatoms. The van der Waals surface area contributed by atoms with Crippen LogP contribution in [0.2, 0.25) is 0 Å². The molecule has 1 N–H and O–H groups in total. The van der Waals surface area contributed by atoms with Crippen molar-refractivity contribution in [2.45, 2.75) is 6.10 Å². The summed E-state index contributed by atoms with van der Waals surface area (Å²) in [6, 6.07) is 8.89. The monoisotopic (exact) mass is 330 g/mol. The van der Waals surface area contributed by atoms with Crippen LogP contribution in [0.15, 0.2) is 42.5 Å². The van der Waals surface area contributed by atoms with E-state index in [1.165, 1.54) is 30.3 Å². The number of halogens is 1. The molecule has 0 saturated carbocycles. The van der Waals surface area contributed by atoms with Gasteiger partial charge < -0.3 is 5.11 Å². The molecule has 7 nitrogen and oxygen atoms in total. The normalized spacial score (nSPS) is 14.7. The molecule has 0 bridgehead atoms. The molecule has 122 valence electrons. The predicted molar refractivity (Wildman–Crippen MR) is 79.8 cm³/mol. The van der Waals surface area contributed by atoms with Gasteiger partial charge in [-0.25, -0.2) is 4.39 Å². The molecular weight excluding hydrogens is 319 g/mol. The highest BCUT2D eigenvalue weighted by Gasteiger charge is 2.41. The summed E-state index contributed by atoms with van der Waals surface area (Å²) in [5.74, 6) is -2.14. The Bertz CT molecular complexity index is 867. The third kappa shape index (κ3) is 2.52. The molecule has 0 aromatic heterocycles. The molecule has 3 rings (SSSR count). The van der Waals surface area contributed by atoms with Crippen molar-refractivity contribution in [3.63, 3.8) is 0 Å². The minimum Gasteiger partial charge on any atom is -0.387 e.